The maximum atomic E-state index is 13.0. The number of alkyl halides is 3. The van der Waals surface area contributed by atoms with Gasteiger partial charge in [0.15, 0.2) is 11.6 Å². The fraction of sp³-hybridized carbons (Fsp3) is 0.381. The highest BCUT2D eigenvalue weighted by Crippen LogP contribution is 2.34. The first kappa shape index (κ1) is 21.5. The van der Waals surface area contributed by atoms with E-state index in [1.54, 1.807) is 13.0 Å². The van der Waals surface area contributed by atoms with E-state index in [1.165, 1.54) is 31.4 Å². The van der Waals surface area contributed by atoms with Crippen LogP contribution in [0.1, 0.15) is 47.0 Å². The van der Waals surface area contributed by atoms with Gasteiger partial charge in [0.2, 0.25) is 5.13 Å². The van der Waals surface area contributed by atoms with Crippen molar-refractivity contribution in [3.05, 3.63) is 53.2 Å². The minimum atomic E-state index is -4.45. The number of rotatable bonds is 5. The Labute approximate surface area is 181 Å². The van der Waals surface area contributed by atoms with Crippen molar-refractivity contribution in [2.45, 2.75) is 38.9 Å². The molecule has 4 rings (SSSR count). The number of hydrogen-bond acceptors (Lipinski definition) is 6. The number of aryl methyl sites for hydroxylation is 1. The lowest BCUT2D eigenvalue weighted by Crippen LogP contribution is -2.29. The molecule has 0 radical (unpaired) electrons. The number of furan rings is 1. The van der Waals surface area contributed by atoms with Gasteiger partial charge in [-0.25, -0.2) is 4.98 Å². The first-order chi connectivity index (χ1) is 14.8. The molecule has 1 aliphatic heterocycles. The molecule has 0 saturated carbocycles. The number of nitrogens with zero attached hydrogens (tertiary/aromatic N) is 3. The molecule has 1 amide bonds. The van der Waals surface area contributed by atoms with Crippen LogP contribution in [0.2, 0.25) is 0 Å². The highest BCUT2D eigenvalue weighted by Gasteiger charge is 2.31. The van der Waals surface area contributed by atoms with Gasteiger partial charge >= 0.3 is 6.18 Å². The summed E-state index contributed by atoms with van der Waals surface area (Å²) in [6.45, 7) is 4.29. The highest BCUT2D eigenvalue weighted by atomic mass is 32.1. The maximum absolute atomic E-state index is 13.0. The Balaban J connectivity index is 1.46. The monoisotopic (exact) mass is 450 g/mol. The SMILES string of the molecule is Cc1oc(C(=O)Nc2nc(CN3CCCCC3)ns2)cc1-c1cccc(C(F)(F)F)c1. The molecule has 10 heteroatoms. The number of amides is 1. The smallest absolute Gasteiger partial charge is 0.416 e. The van der Waals surface area contributed by atoms with Gasteiger partial charge in [-0.15, -0.1) is 0 Å². The molecule has 1 fully saturated rings. The Hall–Kier alpha value is -2.72. The van der Waals surface area contributed by atoms with Gasteiger partial charge in [-0.3, -0.25) is 15.0 Å². The summed E-state index contributed by atoms with van der Waals surface area (Å²) in [5.41, 5.74) is 0.000792. The number of likely N-dealkylation sites (tertiary alicyclic amines) is 1. The molecule has 1 saturated heterocycles. The number of hydrogen-bond donors (Lipinski definition) is 1. The van der Waals surface area contributed by atoms with Crippen LogP contribution < -0.4 is 5.32 Å². The van der Waals surface area contributed by atoms with Crippen molar-refractivity contribution < 1.29 is 22.4 Å². The number of benzene rings is 1. The number of halogens is 3. The molecule has 1 aromatic carbocycles. The molecule has 164 valence electrons. The second-order valence-electron chi connectivity index (χ2n) is 7.47. The third kappa shape index (κ3) is 5.13. The summed E-state index contributed by atoms with van der Waals surface area (Å²) in [6, 6.07) is 6.36. The first-order valence-corrected chi connectivity index (χ1v) is 10.7. The predicted molar refractivity (Wildman–Crippen MR) is 111 cm³/mol. The van der Waals surface area contributed by atoms with E-state index in [-0.39, 0.29) is 5.76 Å². The minimum absolute atomic E-state index is 0.00214. The van der Waals surface area contributed by atoms with Gasteiger partial charge in [0.1, 0.15) is 5.76 Å². The fourth-order valence-corrected chi connectivity index (χ4v) is 4.16. The molecule has 3 heterocycles. The molecule has 31 heavy (non-hydrogen) atoms. The summed E-state index contributed by atoms with van der Waals surface area (Å²) in [5.74, 6) is 0.481. The van der Waals surface area contributed by atoms with Crippen LogP contribution in [0.4, 0.5) is 18.3 Å². The average molecular weight is 450 g/mol. The largest absolute Gasteiger partial charge is 0.456 e. The molecule has 6 nitrogen and oxygen atoms in total. The average Bonchev–Trinajstić information content (AvgIpc) is 3.34. The normalized spacial score (nSPS) is 15.2. The molecule has 1 aliphatic rings. The van der Waals surface area contributed by atoms with Crippen molar-refractivity contribution in [1.29, 1.82) is 0 Å². The summed E-state index contributed by atoms with van der Waals surface area (Å²) >= 11 is 1.09. The van der Waals surface area contributed by atoms with E-state index in [0.717, 1.165) is 36.8 Å². The summed E-state index contributed by atoms with van der Waals surface area (Å²) in [4.78, 5) is 19.2. The molecule has 2 aromatic heterocycles. The van der Waals surface area contributed by atoms with Crippen molar-refractivity contribution in [1.82, 2.24) is 14.3 Å². The van der Waals surface area contributed by atoms with E-state index in [4.69, 9.17) is 4.42 Å². The Morgan fingerprint density at radius 2 is 2.00 bits per heavy atom. The number of carbonyl (C=O) groups is 1. The van der Waals surface area contributed by atoms with E-state index in [2.05, 4.69) is 19.6 Å². The van der Waals surface area contributed by atoms with Crippen molar-refractivity contribution in [3.63, 3.8) is 0 Å². The Morgan fingerprint density at radius 1 is 1.23 bits per heavy atom. The fourth-order valence-electron chi connectivity index (χ4n) is 3.59. The Morgan fingerprint density at radius 3 is 2.74 bits per heavy atom. The lowest BCUT2D eigenvalue weighted by molar-refractivity contribution is -0.137. The highest BCUT2D eigenvalue weighted by molar-refractivity contribution is 7.09. The third-order valence-corrected chi connectivity index (χ3v) is 5.81. The third-order valence-electron chi connectivity index (χ3n) is 5.14. The molecular formula is C21H21F3N4O2S. The summed E-state index contributed by atoms with van der Waals surface area (Å²) in [6.07, 6.45) is -0.871. The maximum Gasteiger partial charge on any atom is 0.416 e. The lowest BCUT2D eigenvalue weighted by Gasteiger charge is -2.24. The molecule has 0 aliphatic carbocycles. The van der Waals surface area contributed by atoms with Crippen molar-refractivity contribution in [2.24, 2.45) is 0 Å². The van der Waals surface area contributed by atoms with Crippen LogP contribution in [0.25, 0.3) is 11.1 Å². The molecule has 0 atom stereocenters. The molecule has 0 spiro atoms. The number of piperidine rings is 1. The first-order valence-electron chi connectivity index (χ1n) is 9.94. The molecule has 1 N–H and O–H groups in total. The zero-order valence-electron chi connectivity index (χ0n) is 16.8. The van der Waals surface area contributed by atoms with Crippen molar-refractivity contribution in [3.8, 4) is 11.1 Å². The minimum Gasteiger partial charge on any atom is -0.456 e. The van der Waals surface area contributed by atoms with Crippen LogP contribution in [0, 0.1) is 6.92 Å². The van der Waals surface area contributed by atoms with Gasteiger partial charge in [0.05, 0.1) is 12.1 Å². The summed E-state index contributed by atoms with van der Waals surface area (Å²) < 4.78 is 48.8. The van der Waals surface area contributed by atoms with Crippen LogP contribution in [0.5, 0.6) is 0 Å². The zero-order valence-corrected chi connectivity index (χ0v) is 17.6. The van der Waals surface area contributed by atoms with Crippen LogP contribution in [-0.2, 0) is 12.7 Å². The standard InChI is InChI=1S/C21H21F3N4O2S/c1-13-16(14-6-5-7-15(10-14)21(22,23)24)11-17(30-13)19(29)26-20-25-18(27-31-20)12-28-8-3-2-4-9-28/h5-7,10-11H,2-4,8-9,12H2,1H3,(H,25,26,27,29). The van der Waals surface area contributed by atoms with Gasteiger partial charge in [-0.2, -0.15) is 17.5 Å². The van der Waals surface area contributed by atoms with Crippen LogP contribution in [-0.4, -0.2) is 33.3 Å². The van der Waals surface area contributed by atoms with Crippen LogP contribution in [0.15, 0.2) is 34.7 Å². The van der Waals surface area contributed by atoms with E-state index < -0.39 is 17.6 Å². The van der Waals surface area contributed by atoms with Crippen LogP contribution >= 0.6 is 11.5 Å². The zero-order chi connectivity index (χ0) is 22.0. The number of aromatic nitrogens is 2. The Bertz CT molecular complexity index is 1070. The van der Waals surface area contributed by atoms with E-state index in [1.807, 2.05) is 0 Å². The topological polar surface area (TPSA) is 71.3 Å². The van der Waals surface area contributed by atoms with E-state index >= 15 is 0 Å². The number of nitrogens with one attached hydrogen (secondary N) is 1. The van der Waals surface area contributed by atoms with Gasteiger partial charge in [0.25, 0.3) is 5.91 Å². The number of carbonyl (C=O) groups excluding carboxylic acids is 1. The summed E-state index contributed by atoms with van der Waals surface area (Å²) in [7, 11) is 0. The Kier molecular flexibility index (Phi) is 6.10. The molecule has 3 aromatic rings. The van der Waals surface area contributed by atoms with Gasteiger partial charge in [-0.05, 0) is 56.6 Å². The predicted octanol–water partition coefficient (Wildman–Crippen LogP) is 5.36. The quantitative estimate of drug-likeness (QED) is 0.566. The lowest BCUT2D eigenvalue weighted by atomic mass is 10.0. The van der Waals surface area contributed by atoms with Gasteiger partial charge in [-0.1, -0.05) is 18.6 Å². The van der Waals surface area contributed by atoms with E-state index in [9.17, 15) is 18.0 Å². The number of anilines is 1. The van der Waals surface area contributed by atoms with Gasteiger partial charge in [0, 0.05) is 17.1 Å². The van der Waals surface area contributed by atoms with Gasteiger partial charge < -0.3 is 4.42 Å². The van der Waals surface area contributed by atoms with Crippen molar-refractivity contribution in [2.75, 3.05) is 18.4 Å². The summed E-state index contributed by atoms with van der Waals surface area (Å²) in [5, 5.41) is 3.01. The van der Waals surface area contributed by atoms with Crippen LogP contribution in [0.3, 0.4) is 0 Å². The molecule has 0 unspecified atom stereocenters. The second-order valence-corrected chi connectivity index (χ2v) is 8.22. The van der Waals surface area contributed by atoms with Crippen molar-refractivity contribution >= 4 is 22.6 Å². The molecule has 0 bridgehead atoms. The van der Waals surface area contributed by atoms with E-state index in [0.29, 0.717) is 34.4 Å². The second kappa shape index (κ2) is 8.80. The molecular weight excluding hydrogens is 429 g/mol.